The van der Waals surface area contributed by atoms with E-state index in [4.69, 9.17) is 9.47 Å². The molecule has 15 heavy (non-hydrogen) atoms. The van der Waals surface area contributed by atoms with Gasteiger partial charge < -0.3 is 14.4 Å². The highest BCUT2D eigenvalue weighted by atomic mass is 16.7. The maximum atomic E-state index is 5.50. The van der Waals surface area contributed by atoms with Gasteiger partial charge in [-0.05, 0) is 39.7 Å². The van der Waals surface area contributed by atoms with Crippen LogP contribution >= 0.6 is 0 Å². The Morgan fingerprint density at radius 2 is 1.80 bits per heavy atom. The first-order valence-electron chi connectivity index (χ1n) is 6.18. The average molecular weight is 215 g/mol. The van der Waals surface area contributed by atoms with Crippen LogP contribution in [0.2, 0.25) is 0 Å². The van der Waals surface area contributed by atoms with Gasteiger partial charge in [-0.25, -0.2) is 0 Å². The lowest BCUT2D eigenvalue weighted by Crippen LogP contribution is -2.28. The summed E-state index contributed by atoms with van der Waals surface area (Å²) in [5, 5.41) is 0. The maximum absolute atomic E-state index is 5.50. The van der Waals surface area contributed by atoms with Crippen LogP contribution in [0.25, 0.3) is 0 Å². The summed E-state index contributed by atoms with van der Waals surface area (Å²) < 4.78 is 11.0. The van der Waals surface area contributed by atoms with Gasteiger partial charge in [0, 0.05) is 32.7 Å². The highest BCUT2D eigenvalue weighted by Gasteiger charge is 2.22. The smallest absolute Gasteiger partial charge is 0.158 e. The summed E-state index contributed by atoms with van der Waals surface area (Å²) >= 11 is 0. The molecule has 0 N–H and O–H groups in total. The molecular weight excluding hydrogens is 190 g/mol. The summed E-state index contributed by atoms with van der Waals surface area (Å²) in [6, 6.07) is 0. The van der Waals surface area contributed by atoms with Crippen molar-refractivity contribution in [3.8, 4) is 0 Å². The molecule has 0 bridgehead atoms. The molecule has 3 nitrogen and oxygen atoms in total. The van der Waals surface area contributed by atoms with E-state index in [1.165, 1.54) is 19.4 Å². The van der Waals surface area contributed by atoms with Crippen LogP contribution in [-0.2, 0) is 9.47 Å². The highest BCUT2D eigenvalue weighted by molar-refractivity contribution is 4.76. The number of ether oxygens (including phenoxy) is 2. The van der Waals surface area contributed by atoms with Crippen LogP contribution in [0.15, 0.2) is 0 Å². The Morgan fingerprint density at radius 3 is 2.27 bits per heavy atom. The summed E-state index contributed by atoms with van der Waals surface area (Å²) in [5.41, 5.74) is 0. The molecule has 0 amide bonds. The third-order valence-corrected chi connectivity index (χ3v) is 2.72. The molecule has 0 aromatic carbocycles. The molecule has 0 spiro atoms. The second-order valence-corrected chi connectivity index (χ2v) is 4.33. The van der Waals surface area contributed by atoms with Crippen molar-refractivity contribution < 1.29 is 9.47 Å². The van der Waals surface area contributed by atoms with Gasteiger partial charge in [-0.3, -0.25) is 0 Å². The van der Waals surface area contributed by atoms with Crippen molar-refractivity contribution >= 4 is 0 Å². The first-order valence-corrected chi connectivity index (χ1v) is 6.18. The summed E-state index contributed by atoms with van der Waals surface area (Å²) in [6.07, 6.45) is 3.81. The van der Waals surface area contributed by atoms with Crippen molar-refractivity contribution in [1.82, 2.24) is 4.90 Å². The van der Waals surface area contributed by atoms with E-state index in [-0.39, 0.29) is 6.29 Å². The summed E-state index contributed by atoms with van der Waals surface area (Å²) in [6.45, 7) is 7.81. The van der Waals surface area contributed by atoms with E-state index in [9.17, 15) is 0 Å². The molecule has 0 radical (unpaired) electrons. The van der Waals surface area contributed by atoms with Crippen molar-refractivity contribution in [3.63, 3.8) is 0 Å². The molecule has 1 aliphatic carbocycles. The normalized spacial score (nSPS) is 16.6. The standard InChI is InChI=1S/C12H25NO2/c1-4-14-12(15-5-2)8-9-13(3)10-11-6-7-11/h11-12H,4-10H2,1-3H3. The minimum absolute atomic E-state index is 0.0124. The number of hydrogen-bond acceptors (Lipinski definition) is 3. The molecule has 1 fully saturated rings. The van der Waals surface area contributed by atoms with Crippen LogP contribution in [0.5, 0.6) is 0 Å². The minimum atomic E-state index is -0.0124. The predicted molar refractivity (Wildman–Crippen MR) is 61.9 cm³/mol. The summed E-state index contributed by atoms with van der Waals surface area (Å²) in [7, 11) is 2.19. The van der Waals surface area contributed by atoms with Crippen LogP contribution in [0.3, 0.4) is 0 Å². The fourth-order valence-corrected chi connectivity index (χ4v) is 1.74. The SMILES string of the molecule is CCOC(CCN(C)CC1CC1)OCC. The molecule has 0 aromatic heterocycles. The second kappa shape index (κ2) is 7.20. The third-order valence-electron chi connectivity index (χ3n) is 2.72. The quantitative estimate of drug-likeness (QED) is 0.550. The van der Waals surface area contributed by atoms with Crippen LogP contribution in [0.1, 0.15) is 33.1 Å². The molecule has 90 valence electrons. The summed E-state index contributed by atoms with van der Waals surface area (Å²) in [5.74, 6) is 0.965. The molecule has 1 rings (SSSR count). The first-order chi connectivity index (χ1) is 7.26. The number of rotatable bonds is 9. The average Bonchev–Trinajstić information content (AvgIpc) is 2.99. The molecular formula is C12H25NO2. The van der Waals surface area contributed by atoms with E-state index in [2.05, 4.69) is 11.9 Å². The van der Waals surface area contributed by atoms with Gasteiger partial charge in [0.1, 0.15) is 0 Å². The van der Waals surface area contributed by atoms with Crippen molar-refractivity contribution in [2.45, 2.75) is 39.4 Å². The van der Waals surface area contributed by atoms with E-state index in [0.717, 1.165) is 32.1 Å². The van der Waals surface area contributed by atoms with Gasteiger partial charge in [-0.1, -0.05) is 0 Å². The van der Waals surface area contributed by atoms with Crippen molar-refractivity contribution in [1.29, 1.82) is 0 Å². The van der Waals surface area contributed by atoms with Crippen molar-refractivity contribution in [2.75, 3.05) is 33.4 Å². The molecule has 0 aromatic rings. The van der Waals surface area contributed by atoms with E-state index in [1.807, 2.05) is 13.8 Å². The van der Waals surface area contributed by atoms with Gasteiger partial charge in [0.15, 0.2) is 6.29 Å². The number of hydrogen-bond donors (Lipinski definition) is 0. The molecule has 0 aliphatic heterocycles. The lowest BCUT2D eigenvalue weighted by molar-refractivity contribution is -0.141. The molecule has 0 atom stereocenters. The van der Waals surface area contributed by atoms with E-state index in [0.29, 0.717) is 0 Å². The largest absolute Gasteiger partial charge is 0.353 e. The fraction of sp³-hybridized carbons (Fsp3) is 1.00. The molecule has 1 aliphatic rings. The van der Waals surface area contributed by atoms with E-state index in [1.54, 1.807) is 0 Å². The van der Waals surface area contributed by atoms with Crippen LogP contribution in [0.4, 0.5) is 0 Å². The van der Waals surface area contributed by atoms with E-state index < -0.39 is 0 Å². The first kappa shape index (κ1) is 12.9. The third kappa shape index (κ3) is 6.13. The fourth-order valence-electron chi connectivity index (χ4n) is 1.74. The van der Waals surface area contributed by atoms with Gasteiger partial charge in [0.2, 0.25) is 0 Å². The Hall–Kier alpha value is -0.120. The summed E-state index contributed by atoms with van der Waals surface area (Å²) in [4.78, 5) is 2.39. The number of nitrogens with zero attached hydrogens (tertiary/aromatic N) is 1. The monoisotopic (exact) mass is 215 g/mol. The van der Waals surface area contributed by atoms with Crippen LogP contribution < -0.4 is 0 Å². The zero-order chi connectivity index (χ0) is 11.1. The zero-order valence-corrected chi connectivity index (χ0v) is 10.4. The Morgan fingerprint density at radius 1 is 1.20 bits per heavy atom. The maximum Gasteiger partial charge on any atom is 0.158 e. The lowest BCUT2D eigenvalue weighted by atomic mass is 10.3. The zero-order valence-electron chi connectivity index (χ0n) is 10.4. The Balaban J connectivity index is 2.07. The van der Waals surface area contributed by atoms with E-state index >= 15 is 0 Å². The topological polar surface area (TPSA) is 21.7 Å². The molecule has 0 heterocycles. The highest BCUT2D eigenvalue weighted by Crippen LogP contribution is 2.29. The molecule has 0 unspecified atom stereocenters. The van der Waals surface area contributed by atoms with Crippen LogP contribution in [0, 0.1) is 5.92 Å². The van der Waals surface area contributed by atoms with Gasteiger partial charge >= 0.3 is 0 Å². The molecule has 0 saturated heterocycles. The Labute approximate surface area is 93.7 Å². The minimum Gasteiger partial charge on any atom is -0.353 e. The Kier molecular flexibility index (Phi) is 6.22. The van der Waals surface area contributed by atoms with Crippen molar-refractivity contribution in [2.24, 2.45) is 5.92 Å². The van der Waals surface area contributed by atoms with Gasteiger partial charge in [0.05, 0.1) is 0 Å². The van der Waals surface area contributed by atoms with Gasteiger partial charge in [-0.15, -0.1) is 0 Å². The Bertz CT molecular complexity index is 154. The second-order valence-electron chi connectivity index (χ2n) is 4.33. The van der Waals surface area contributed by atoms with Crippen LogP contribution in [-0.4, -0.2) is 44.5 Å². The lowest BCUT2D eigenvalue weighted by Gasteiger charge is -2.21. The van der Waals surface area contributed by atoms with Crippen molar-refractivity contribution in [3.05, 3.63) is 0 Å². The predicted octanol–water partition coefficient (Wildman–Crippen LogP) is 2.12. The van der Waals surface area contributed by atoms with Gasteiger partial charge in [0.25, 0.3) is 0 Å². The van der Waals surface area contributed by atoms with Gasteiger partial charge in [-0.2, -0.15) is 0 Å². The molecule has 3 heteroatoms. The molecule has 1 saturated carbocycles.